The van der Waals surface area contributed by atoms with Crippen LogP contribution in [0.25, 0.3) is 0 Å². The Bertz CT molecular complexity index is 604. The van der Waals surface area contributed by atoms with Gasteiger partial charge in [-0.05, 0) is 44.4 Å². The maximum Gasteiger partial charge on any atom is 0.318 e. The molecule has 3 amide bonds. The molecule has 2 aliphatic heterocycles. The van der Waals surface area contributed by atoms with Gasteiger partial charge < -0.3 is 15.1 Å². The number of benzene rings is 1. The van der Waals surface area contributed by atoms with Crippen LogP contribution in [0.5, 0.6) is 0 Å². The predicted octanol–water partition coefficient (Wildman–Crippen LogP) is 2.29. The number of hydrogen-bond donors (Lipinski definition) is 1. The first-order valence-corrected chi connectivity index (χ1v) is 8.10. The predicted molar refractivity (Wildman–Crippen MR) is 84.2 cm³/mol. The van der Waals surface area contributed by atoms with Gasteiger partial charge in [-0.15, -0.1) is 0 Å². The van der Waals surface area contributed by atoms with E-state index in [0.717, 1.165) is 24.9 Å². The molecule has 0 aromatic heterocycles. The molecule has 0 radical (unpaired) electrons. The fraction of sp³-hybridized carbons (Fsp3) is 0.529. The molecule has 23 heavy (non-hydrogen) atoms. The fourth-order valence-corrected chi connectivity index (χ4v) is 3.44. The van der Waals surface area contributed by atoms with E-state index in [1.54, 1.807) is 24.0 Å². The van der Waals surface area contributed by atoms with Gasteiger partial charge in [-0.3, -0.25) is 4.79 Å². The van der Waals surface area contributed by atoms with Crippen LogP contribution in [-0.2, 0) is 4.79 Å². The average Bonchev–Trinajstić information content (AvgIpc) is 3.00. The Labute approximate surface area is 135 Å². The SMILES string of the molecule is C[C@H](NC(=O)N1C[C@@H]2CCCN2C(=O)[C@@H]1C)c1ccc(F)cc1. The molecular weight excluding hydrogens is 297 g/mol. The molecule has 6 heteroatoms. The van der Waals surface area contributed by atoms with E-state index in [4.69, 9.17) is 0 Å². The Kier molecular flexibility index (Phi) is 4.24. The molecule has 2 aliphatic rings. The van der Waals surface area contributed by atoms with Crippen molar-refractivity contribution in [3.63, 3.8) is 0 Å². The second-order valence-electron chi connectivity index (χ2n) is 6.38. The number of fused-ring (bicyclic) bond motifs is 1. The topological polar surface area (TPSA) is 52.7 Å². The highest BCUT2D eigenvalue weighted by atomic mass is 19.1. The molecule has 1 aromatic rings. The number of nitrogens with one attached hydrogen (secondary N) is 1. The molecule has 2 heterocycles. The maximum absolute atomic E-state index is 13.0. The van der Waals surface area contributed by atoms with Gasteiger partial charge in [0.15, 0.2) is 0 Å². The lowest BCUT2D eigenvalue weighted by molar-refractivity contribution is -0.140. The fourth-order valence-electron chi connectivity index (χ4n) is 3.44. The zero-order chi connectivity index (χ0) is 16.6. The molecular formula is C17H22FN3O2. The highest BCUT2D eigenvalue weighted by molar-refractivity contribution is 5.88. The number of amides is 3. The standard InChI is InChI=1S/C17H22FN3O2/c1-11(13-5-7-14(18)8-6-13)19-17(23)21-10-15-4-3-9-20(15)16(22)12(21)2/h5-8,11-12,15H,3-4,9-10H2,1-2H3,(H,19,23)/t11-,12-,15-/m0/s1. The first kappa shape index (κ1) is 15.8. The van der Waals surface area contributed by atoms with Crippen molar-refractivity contribution >= 4 is 11.9 Å². The molecule has 0 unspecified atom stereocenters. The second kappa shape index (κ2) is 6.18. The zero-order valence-electron chi connectivity index (χ0n) is 13.5. The molecule has 124 valence electrons. The third-order valence-corrected chi connectivity index (χ3v) is 4.86. The van der Waals surface area contributed by atoms with Crippen LogP contribution in [0.15, 0.2) is 24.3 Å². The summed E-state index contributed by atoms with van der Waals surface area (Å²) in [6.07, 6.45) is 1.96. The summed E-state index contributed by atoms with van der Waals surface area (Å²) in [5, 5.41) is 2.91. The van der Waals surface area contributed by atoms with E-state index in [1.807, 2.05) is 11.8 Å². The molecule has 2 fully saturated rings. The van der Waals surface area contributed by atoms with Crippen molar-refractivity contribution in [2.45, 2.75) is 44.8 Å². The lowest BCUT2D eigenvalue weighted by Crippen LogP contribution is -2.61. The Morgan fingerprint density at radius 2 is 2.04 bits per heavy atom. The monoisotopic (exact) mass is 319 g/mol. The smallest absolute Gasteiger partial charge is 0.318 e. The summed E-state index contributed by atoms with van der Waals surface area (Å²) in [4.78, 5) is 28.5. The van der Waals surface area contributed by atoms with Crippen LogP contribution in [0.2, 0.25) is 0 Å². The number of hydrogen-bond acceptors (Lipinski definition) is 2. The third-order valence-electron chi connectivity index (χ3n) is 4.86. The van der Waals surface area contributed by atoms with E-state index < -0.39 is 6.04 Å². The summed E-state index contributed by atoms with van der Waals surface area (Å²) >= 11 is 0. The number of nitrogens with zero attached hydrogens (tertiary/aromatic N) is 2. The Balaban J connectivity index is 1.67. The molecule has 0 spiro atoms. The number of halogens is 1. The van der Waals surface area contributed by atoms with Crippen molar-refractivity contribution in [3.05, 3.63) is 35.6 Å². The number of urea groups is 1. The second-order valence-corrected chi connectivity index (χ2v) is 6.38. The van der Waals surface area contributed by atoms with Crippen molar-refractivity contribution in [2.24, 2.45) is 0 Å². The minimum Gasteiger partial charge on any atom is -0.336 e. The number of rotatable bonds is 2. The van der Waals surface area contributed by atoms with Crippen LogP contribution in [0.4, 0.5) is 9.18 Å². The van der Waals surface area contributed by atoms with E-state index in [2.05, 4.69) is 5.32 Å². The van der Waals surface area contributed by atoms with Gasteiger partial charge in [-0.25, -0.2) is 9.18 Å². The number of piperazine rings is 1. The van der Waals surface area contributed by atoms with Gasteiger partial charge >= 0.3 is 6.03 Å². The first-order chi connectivity index (χ1) is 11.0. The first-order valence-electron chi connectivity index (χ1n) is 8.10. The van der Waals surface area contributed by atoms with Crippen molar-refractivity contribution in [2.75, 3.05) is 13.1 Å². The third kappa shape index (κ3) is 3.02. The van der Waals surface area contributed by atoms with Gasteiger partial charge in [0.1, 0.15) is 11.9 Å². The van der Waals surface area contributed by atoms with Crippen molar-refractivity contribution < 1.29 is 14.0 Å². The molecule has 3 atom stereocenters. The van der Waals surface area contributed by atoms with Crippen LogP contribution in [0, 0.1) is 5.82 Å². The molecule has 5 nitrogen and oxygen atoms in total. The van der Waals surface area contributed by atoms with Crippen LogP contribution in [0.3, 0.4) is 0 Å². The zero-order valence-corrected chi connectivity index (χ0v) is 13.5. The molecule has 0 saturated carbocycles. The summed E-state index contributed by atoms with van der Waals surface area (Å²) in [7, 11) is 0. The van der Waals surface area contributed by atoms with Gasteiger partial charge in [0.2, 0.25) is 5.91 Å². The van der Waals surface area contributed by atoms with Crippen LogP contribution >= 0.6 is 0 Å². The highest BCUT2D eigenvalue weighted by Gasteiger charge is 2.42. The van der Waals surface area contributed by atoms with Crippen LogP contribution < -0.4 is 5.32 Å². The lowest BCUT2D eigenvalue weighted by Gasteiger charge is -2.41. The summed E-state index contributed by atoms with van der Waals surface area (Å²) < 4.78 is 13.0. The Morgan fingerprint density at radius 3 is 2.74 bits per heavy atom. The normalized spacial score (nSPS) is 25.3. The average molecular weight is 319 g/mol. The highest BCUT2D eigenvalue weighted by Crippen LogP contribution is 2.26. The molecule has 1 N–H and O–H groups in total. The largest absolute Gasteiger partial charge is 0.336 e. The van der Waals surface area contributed by atoms with Crippen molar-refractivity contribution in [1.82, 2.24) is 15.1 Å². The molecule has 2 saturated heterocycles. The quantitative estimate of drug-likeness (QED) is 0.909. The van der Waals surface area contributed by atoms with E-state index >= 15 is 0 Å². The Hall–Kier alpha value is -2.11. The van der Waals surface area contributed by atoms with Gasteiger partial charge in [0.25, 0.3) is 0 Å². The molecule has 0 bridgehead atoms. The molecule has 0 aliphatic carbocycles. The molecule has 1 aromatic carbocycles. The Morgan fingerprint density at radius 1 is 1.35 bits per heavy atom. The van der Waals surface area contributed by atoms with Crippen LogP contribution in [0.1, 0.15) is 38.3 Å². The summed E-state index contributed by atoms with van der Waals surface area (Å²) in [5.74, 6) is -0.271. The van der Waals surface area contributed by atoms with Crippen molar-refractivity contribution in [1.29, 1.82) is 0 Å². The van der Waals surface area contributed by atoms with Gasteiger partial charge in [-0.2, -0.15) is 0 Å². The van der Waals surface area contributed by atoms with Gasteiger partial charge in [-0.1, -0.05) is 12.1 Å². The van der Waals surface area contributed by atoms with E-state index in [-0.39, 0.29) is 29.8 Å². The maximum atomic E-state index is 13.0. The van der Waals surface area contributed by atoms with E-state index in [0.29, 0.717) is 6.54 Å². The van der Waals surface area contributed by atoms with Gasteiger partial charge in [0, 0.05) is 19.1 Å². The summed E-state index contributed by atoms with van der Waals surface area (Å²) in [6, 6.07) is 5.28. The lowest BCUT2D eigenvalue weighted by atomic mass is 10.1. The van der Waals surface area contributed by atoms with E-state index in [9.17, 15) is 14.0 Å². The van der Waals surface area contributed by atoms with Crippen molar-refractivity contribution in [3.8, 4) is 0 Å². The minimum absolute atomic E-state index is 0.0309. The molecule has 3 rings (SSSR count). The minimum atomic E-state index is -0.440. The van der Waals surface area contributed by atoms with Crippen LogP contribution in [-0.4, -0.2) is 46.9 Å². The summed E-state index contributed by atoms with van der Waals surface area (Å²) in [6.45, 7) is 5.01. The van der Waals surface area contributed by atoms with Gasteiger partial charge in [0.05, 0.1) is 6.04 Å². The van der Waals surface area contributed by atoms with E-state index in [1.165, 1.54) is 12.1 Å². The summed E-state index contributed by atoms with van der Waals surface area (Å²) in [5.41, 5.74) is 0.832. The number of carbonyl (C=O) groups is 2. The number of carbonyl (C=O) groups excluding carboxylic acids is 2.